The van der Waals surface area contributed by atoms with Gasteiger partial charge in [-0.2, -0.15) is 9.36 Å². The maximum absolute atomic E-state index is 13.6. The van der Waals surface area contributed by atoms with E-state index in [1.807, 2.05) is 51.1 Å². The number of nitrogens with zero attached hydrogens (tertiary/aromatic N) is 2. The lowest BCUT2D eigenvalue weighted by Crippen LogP contribution is -2.30. The van der Waals surface area contributed by atoms with Gasteiger partial charge in [0.05, 0.1) is 11.9 Å². The quantitative estimate of drug-likeness (QED) is 0.0991. The Morgan fingerprint density at radius 3 is 2.48 bits per heavy atom. The highest BCUT2D eigenvalue weighted by atomic mass is 32.2. The number of anilines is 2. The second-order valence-corrected chi connectivity index (χ2v) is 12.4. The van der Waals surface area contributed by atoms with E-state index < -0.39 is 11.8 Å². The van der Waals surface area contributed by atoms with E-state index in [9.17, 15) is 14.4 Å². The highest BCUT2D eigenvalue weighted by Gasteiger charge is 2.21. The highest BCUT2D eigenvalue weighted by molar-refractivity contribution is 8.00. The molecule has 228 valence electrons. The van der Waals surface area contributed by atoms with E-state index in [2.05, 4.69) is 25.3 Å². The summed E-state index contributed by atoms with van der Waals surface area (Å²) in [5.41, 5.74) is 1.62. The van der Waals surface area contributed by atoms with Gasteiger partial charge < -0.3 is 15.4 Å². The van der Waals surface area contributed by atoms with Crippen LogP contribution in [0.15, 0.2) is 94.6 Å². The average molecular weight is 648 g/mol. The molecule has 3 amide bonds. The van der Waals surface area contributed by atoms with Crippen molar-refractivity contribution < 1.29 is 19.1 Å². The van der Waals surface area contributed by atoms with Gasteiger partial charge in [-0.15, -0.1) is 11.8 Å². The Labute approximate surface area is 269 Å². The summed E-state index contributed by atoms with van der Waals surface area (Å²) >= 11 is 4.06. The number of hydrogen-bond acceptors (Lipinski definition) is 9. The van der Waals surface area contributed by atoms with Gasteiger partial charge in [-0.25, -0.2) is 0 Å². The van der Waals surface area contributed by atoms with Crippen LogP contribution in [-0.2, 0) is 9.59 Å². The topological polar surface area (TPSA) is 122 Å². The van der Waals surface area contributed by atoms with Crippen molar-refractivity contribution in [1.82, 2.24) is 14.7 Å². The maximum atomic E-state index is 13.6. The highest BCUT2D eigenvalue weighted by Crippen LogP contribution is 2.29. The van der Waals surface area contributed by atoms with E-state index in [0.29, 0.717) is 45.9 Å². The van der Waals surface area contributed by atoms with Crippen LogP contribution in [0.2, 0.25) is 0 Å². The number of carbonyl (C=O) groups excluding carboxylic acids is 3. The van der Waals surface area contributed by atoms with Gasteiger partial charge in [0.25, 0.3) is 11.8 Å². The minimum atomic E-state index is -0.510. The summed E-state index contributed by atoms with van der Waals surface area (Å²) in [6, 6.07) is 23.2. The van der Waals surface area contributed by atoms with Crippen molar-refractivity contribution in [3.8, 4) is 5.75 Å². The third kappa shape index (κ3) is 9.43. The Balaban J connectivity index is 1.51. The van der Waals surface area contributed by atoms with Crippen LogP contribution in [0.1, 0.15) is 43.1 Å². The van der Waals surface area contributed by atoms with Gasteiger partial charge >= 0.3 is 0 Å². The summed E-state index contributed by atoms with van der Waals surface area (Å²) in [4.78, 5) is 44.8. The number of amides is 3. The van der Waals surface area contributed by atoms with Crippen molar-refractivity contribution in [3.63, 3.8) is 0 Å². The molecule has 12 heteroatoms. The molecule has 0 aliphatic carbocycles. The first-order valence-electron chi connectivity index (χ1n) is 14.1. The van der Waals surface area contributed by atoms with Crippen molar-refractivity contribution in [2.24, 2.45) is 0 Å². The predicted octanol–water partition coefficient (Wildman–Crippen LogP) is 6.97. The summed E-state index contributed by atoms with van der Waals surface area (Å²) < 4.78 is 9.98. The number of aromatic nitrogens is 2. The van der Waals surface area contributed by atoms with Crippen LogP contribution < -0.4 is 20.7 Å². The van der Waals surface area contributed by atoms with Crippen LogP contribution in [0.4, 0.5) is 10.8 Å². The number of rotatable bonds is 14. The molecule has 0 aliphatic heterocycles. The molecule has 1 aromatic heterocycles. The largest absolute Gasteiger partial charge is 0.493 e. The Bertz CT molecular complexity index is 1610. The lowest BCUT2D eigenvalue weighted by Gasteiger charge is -2.15. The van der Waals surface area contributed by atoms with E-state index in [-0.39, 0.29) is 16.9 Å². The van der Waals surface area contributed by atoms with Crippen LogP contribution in [0.5, 0.6) is 5.75 Å². The number of carbonyl (C=O) groups is 3. The van der Waals surface area contributed by atoms with Crippen molar-refractivity contribution in [2.75, 3.05) is 23.0 Å². The van der Waals surface area contributed by atoms with Crippen molar-refractivity contribution in [3.05, 3.63) is 95.7 Å². The zero-order valence-electron chi connectivity index (χ0n) is 24.5. The second-order valence-electron chi connectivity index (χ2n) is 9.15. The van der Waals surface area contributed by atoms with Gasteiger partial charge in [0, 0.05) is 33.2 Å². The molecule has 0 saturated heterocycles. The van der Waals surface area contributed by atoms with Gasteiger partial charge in [-0.3, -0.25) is 19.7 Å². The molecular formula is C32H33N5O4S3. The molecule has 0 bridgehead atoms. The Kier molecular flexibility index (Phi) is 12.4. The molecule has 0 spiro atoms. The van der Waals surface area contributed by atoms with Gasteiger partial charge in [0.2, 0.25) is 16.2 Å². The van der Waals surface area contributed by atoms with E-state index in [1.54, 1.807) is 54.6 Å². The molecule has 0 fully saturated rings. The molecule has 3 N–H and O–H groups in total. The zero-order chi connectivity index (χ0) is 31.3. The molecular weight excluding hydrogens is 615 g/mol. The lowest BCUT2D eigenvalue weighted by molar-refractivity contribution is -0.116. The minimum absolute atomic E-state index is 0.0486. The number of hydrogen-bond donors (Lipinski definition) is 3. The van der Waals surface area contributed by atoms with E-state index in [1.165, 1.54) is 23.5 Å². The monoisotopic (exact) mass is 647 g/mol. The van der Waals surface area contributed by atoms with E-state index in [4.69, 9.17) is 4.74 Å². The van der Waals surface area contributed by atoms with Crippen LogP contribution >= 0.6 is 35.1 Å². The Morgan fingerprint density at radius 2 is 1.73 bits per heavy atom. The maximum Gasteiger partial charge on any atom is 0.272 e. The first kappa shape index (κ1) is 32.8. The van der Waals surface area contributed by atoms with Gasteiger partial charge in [-0.05, 0) is 61.6 Å². The molecule has 4 rings (SSSR count). The number of benzene rings is 3. The van der Waals surface area contributed by atoms with Crippen molar-refractivity contribution in [2.45, 2.75) is 42.5 Å². The van der Waals surface area contributed by atoms with Crippen molar-refractivity contribution >= 4 is 69.7 Å². The van der Waals surface area contributed by atoms with E-state index >= 15 is 0 Å². The molecule has 1 atom stereocenters. The Morgan fingerprint density at radius 1 is 0.955 bits per heavy atom. The predicted molar refractivity (Wildman–Crippen MR) is 179 cm³/mol. The second kappa shape index (κ2) is 16.6. The first-order chi connectivity index (χ1) is 21.4. The van der Waals surface area contributed by atoms with Crippen molar-refractivity contribution in [1.29, 1.82) is 0 Å². The van der Waals surface area contributed by atoms with Gasteiger partial charge in [0.1, 0.15) is 11.4 Å². The summed E-state index contributed by atoms with van der Waals surface area (Å²) in [5.74, 6) is 0.340. The number of thioether (sulfide) groups is 2. The number of nitrogens with one attached hydrogen (secondary N) is 3. The normalized spacial score (nSPS) is 11.8. The minimum Gasteiger partial charge on any atom is -0.493 e. The molecule has 9 nitrogen and oxygen atoms in total. The van der Waals surface area contributed by atoms with Gasteiger partial charge in [-0.1, -0.05) is 68.1 Å². The van der Waals surface area contributed by atoms with Crippen LogP contribution in [0.3, 0.4) is 0 Å². The zero-order valence-corrected chi connectivity index (χ0v) is 27.0. The molecule has 0 aliphatic rings. The Hall–Kier alpha value is -4.13. The van der Waals surface area contributed by atoms with Crippen LogP contribution in [0, 0.1) is 0 Å². The third-order valence-electron chi connectivity index (χ3n) is 5.99. The molecule has 1 heterocycles. The molecule has 4 aromatic rings. The summed E-state index contributed by atoms with van der Waals surface area (Å²) in [7, 11) is 0. The third-order valence-corrected chi connectivity index (χ3v) is 8.83. The number of para-hydroxylation sites is 1. The summed E-state index contributed by atoms with van der Waals surface area (Å²) in [6.07, 6.45) is 2.18. The summed E-state index contributed by atoms with van der Waals surface area (Å²) in [6.45, 7) is 6.28. The fraction of sp³-hybridized carbons (Fsp3) is 0.219. The lowest BCUT2D eigenvalue weighted by atomic mass is 10.1. The smallest absolute Gasteiger partial charge is 0.272 e. The molecule has 1 unspecified atom stereocenters. The fourth-order valence-electron chi connectivity index (χ4n) is 3.95. The first-order valence-corrected chi connectivity index (χ1v) is 16.7. The average Bonchev–Trinajstić information content (AvgIpc) is 3.47. The van der Waals surface area contributed by atoms with Gasteiger partial charge in [0.15, 0.2) is 0 Å². The standard InChI is InChI=1S/C32H33N5O4S3/c1-4-27(30(40)35-31-36-32(37-44-31)42-6-3)43-24-17-12-16-23(20-24)33-29(39)25(34-28(38)21-13-8-7-9-14-21)19-22-15-10-11-18-26(22)41-5-2/h7-20,27H,4-6H2,1-3H3,(H,33,39)(H,34,38)(H,35,36,37,40)/b25-19+. The van der Waals surface area contributed by atoms with E-state index in [0.717, 1.165) is 22.2 Å². The molecule has 0 radical (unpaired) electrons. The molecule has 3 aromatic carbocycles. The van der Waals surface area contributed by atoms with Crippen LogP contribution in [-0.4, -0.2) is 44.7 Å². The summed E-state index contributed by atoms with van der Waals surface area (Å²) in [5, 5.41) is 9.24. The number of ether oxygens (including phenoxy) is 1. The molecule has 44 heavy (non-hydrogen) atoms. The fourth-order valence-corrected chi connectivity index (χ4v) is 6.24. The molecule has 0 saturated carbocycles. The van der Waals surface area contributed by atoms with Crippen LogP contribution in [0.25, 0.3) is 6.08 Å². The SMILES string of the molecule is CCOc1ccccc1/C=C(/NC(=O)c1ccccc1)C(=O)Nc1cccc(SC(CC)C(=O)Nc2nc(SCC)ns2)c1.